The molecular weight excluding hydrogens is 344 g/mol. The summed E-state index contributed by atoms with van der Waals surface area (Å²) in [5.74, 6) is 2.00. The number of aryl methyl sites for hydroxylation is 2. The highest BCUT2D eigenvalue weighted by Gasteiger charge is 2.23. The maximum absolute atomic E-state index is 5.58. The summed E-state index contributed by atoms with van der Waals surface area (Å²) in [6.45, 7) is 6.39. The predicted octanol–water partition coefficient (Wildman–Crippen LogP) is 4.19. The highest BCUT2D eigenvalue weighted by molar-refractivity contribution is 7.18. The minimum absolute atomic E-state index is 0.507. The van der Waals surface area contributed by atoms with Crippen LogP contribution in [0.1, 0.15) is 34.9 Å². The molecule has 0 aliphatic carbocycles. The average Bonchev–Trinajstić information content (AvgIpc) is 3.04. The molecule has 2 aromatic heterocycles. The molecule has 136 valence electrons. The second-order valence-electron chi connectivity index (χ2n) is 7.19. The van der Waals surface area contributed by atoms with Crippen molar-refractivity contribution in [2.45, 2.75) is 32.6 Å². The molecule has 1 atom stereocenters. The van der Waals surface area contributed by atoms with Crippen LogP contribution in [0.4, 0.5) is 0 Å². The van der Waals surface area contributed by atoms with Crippen molar-refractivity contribution < 1.29 is 4.74 Å². The number of methoxy groups -OCH3 is 1. The van der Waals surface area contributed by atoms with Gasteiger partial charge in [0.2, 0.25) is 0 Å². The number of likely N-dealkylation sites (tertiary alicyclic amines) is 1. The van der Waals surface area contributed by atoms with Crippen LogP contribution in [0.2, 0.25) is 0 Å². The molecule has 3 heterocycles. The summed E-state index contributed by atoms with van der Waals surface area (Å²) in [5, 5.41) is 1.19. The summed E-state index contributed by atoms with van der Waals surface area (Å²) >= 11 is 1.73. The van der Waals surface area contributed by atoms with Crippen molar-refractivity contribution in [2.24, 2.45) is 0 Å². The van der Waals surface area contributed by atoms with Gasteiger partial charge in [0, 0.05) is 12.5 Å². The van der Waals surface area contributed by atoms with Crippen molar-refractivity contribution in [1.29, 1.82) is 0 Å². The lowest BCUT2D eigenvalue weighted by molar-refractivity contribution is 0.250. The standard InChI is InChI=1S/C20H24N4OS/c1-12-8-13(2)17(15(9-12)25-4)19-21-10-16-18(22-19)23-20(26-16)14-6-5-7-24(3)11-14/h8-10,14H,5-7,11H2,1-4H3. The summed E-state index contributed by atoms with van der Waals surface area (Å²) in [4.78, 5) is 16.6. The summed E-state index contributed by atoms with van der Waals surface area (Å²) < 4.78 is 6.64. The Hall–Kier alpha value is -2.05. The molecule has 1 fully saturated rings. The summed E-state index contributed by atoms with van der Waals surface area (Å²) in [7, 11) is 3.88. The molecule has 0 amide bonds. The summed E-state index contributed by atoms with van der Waals surface area (Å²) in [5.41, 5.74) is 4.03. The smallest absolute Gasteiger partial charge is 0.174 e. The topological polar surface area (TPSA) is 51.1 Å². The molecule has 1 aromatic carbocycles. The van der Waals surface area contributed by atoms with E-state index >= 15 is 0 Å². The van der Waals surface area contributed by atoms with E-state index in [9.17, 15) is 0 Å². The minimum atomic E-state index is 0.507. The predicted molar refractivity (Wildman–Crippen MR) is 106 cm³/mol. The van der Waals surface area contributed by atoms with Gasteiger partial charge in [0.15, 0.2) is 11.5 Å². The first-order chi connectivity index (χ1) is 12.5. The highest BCUT2D eigenvalue weighted by atomic mass is 32.1. The fraction of sp³-hybridized carbons (Fsp3) is 0.450. The van der Waals surface area contributed by atoms with Crippen LogP contribution in [0.15, 0.2) is 18.3 Å². The highest BCUT2D eigenvalue weighted by Crippen LogP contribution is 2.35. The Morgan fingerprint density at radius 3 is 2.85 bits per heavy atom. The number of hydrogen-bond donors (Lipinski definition) is 0. The number of hydrogen-bond acceptors (Lipinski definition) is 6. The number of thiazole rings is 1. The largest absolute Gasteiger partial charge is 0.496 e. The molecular formula is C20H24N4OS. The van der Waals surface area contributed by atoms with Gasteiger partial charge in [0.05, 0.1) is 23.6 Å². The Morgan fingerprint density at radius 1 is 1.23 bits per heavy atom. The van der Waals surface area contributed by atoms with E-state index in [0.717, 1.165) is 33.8 Å². The van der Waals surface area contributed by atoms with Gasteiger partial charge in [-0.15, -0.1) is 11.3 Å². The second kappa shape index (κ2) is 6.93. The van der Waals surface area contributed by atoms with Crippen molar-refractivity contribution in [2.75, 3.05) is 27.2 Å². The SMILES string of the molecule is COc1cc(C)cc(C)c1-c1ncc2sc(C3CCCN(C)C3)nc2n1. The first-order valence-electron chi connectivity index (χ1n) is 9.03. The molecule has 4 rings (SSSR count). The van der Waals surface area contributed by atoms with Crippen LogP contribution in [0, 0.1) is 13.8 Å². The molecule has 0 radical (unpaired) electrons. The zero-order valence-electron chi connectivity index (χ0n) is 15.7. The average molecular weight is 369 g/mol. The zero-order valence-corrected chi connectivity index (χ0v) is 16.6. The Kier molecular flexibility index (Phi) is 4.63. The van der Waals surface area contributed by atoms with Crippen molar-refractivity contribution in [3.8, 4) is 17.1 Å². The van der Waals surface area contributed by atoms with Gasteiger partial charge in [0.25, 0.3) is 0 Å². The summed E-state index contributed by atoms with van der Waals surface area (Å²) in [6, 6.07) is 4.16. The van der Waals surface area contributed by atoms with Gasteiger partial charge in [-0.25, -0.2) is 15.0 Å². The van der Waals surface area contributed by atoms with E-state index in [1.54, 1.807) is 18.4 Å². The first-order valence-corrected chi connectivity index (χ1v) is 9.84. The van der Waals surface area contributed by atoms with Crippen LogP contribution in [-0.4, -0.2) is 47.1 Å². The maximum atomic E-state index is 5.58. The monoisotopic (exact) mass is 368 g/mol. The van der Waals surface area contributed by atoms with E-state index in [1.165, 1.54) is 30.0 Å². The molecule has 0 bridgehead atoms. The minimum Gasteiger partial charge on any atom is -0.496 e. The van der Waals surface area contributed by atoms with Crippen molar-refractivity contribution in [1.82, 2.24) is 19.9 Å². The van der Waals surface area contributed by atoms with Gasteiger partial charge >= 0.3 is 0 Å². The van der Waals surface area contributed by atoms with Crippen LogP contribution in [-0.2, 0) is 0 Å². The van der Waals surface area contributed by atoms with Crippen LogP contribution in [0.5, 0.6) is 5.75 Å². The number of ether oxygens (including phenoxy) is 1. The number of fused-ring (bicyclic) bond motifs is 1. The van der Waals surface area contributed by atoms with Crippen molar-refractivity contribution in [3.05, 3.63) is 34.5 Å². The van der Waals surface area contributed by atoms with E-state index in [2.05, 4.69) is 36.8 Å². The van der Waals surface area contributed by atoms with Gasteiger partial charge in [0.1, 0.15) is 10.8 Å². The van der Waals surface area contributed by atoms with Gasteiger partial charge in [-0.3, -0.25) is 0 Å². The molecule has 0 saturated carbocycles. The molecule has 6 heteroatoms. The number of rotatable bonds is 3. The number of nitrogens with zero attached hydrogens (tertiary/aromatic N) is 4. The number of piperidine rings is 1. The molecule has 1 saturated heterocycles. The molecule has 1 unspecified atom stereocenters. The Balaban J connectivity index is 1.75. The third-order valence-electron chi connectivity index (χ3n) is 5.03. The maximum Gasteiger partial charge on any atom is 0.174 e. The third-order valence-corrected chi connectivity index (χ3v) is 6.17. The van der Waals surface area contributed by atoms with E-state index < -0.39 is 0 Å². The molecule has 0 spiro atoms. The van der Waals surface area contributed by atoms with E-state index in [4.69, 9.17) is 14.7 Å². The van der Waals surface area contributed by atoms with Crippen LogP contribution >= 0.6 is 11.3 Å². The zero-order chi connectivity index (χ0) is 18.3. The third kappa shape index (κ3) is 3.19. The molecule has 0 N–H and O–H groups in total. The molecule has 26 heavy (non-hydrogen) atoms. The van der Waals surface area contributed by atoms with Crippen molar-refractivity contribution >= 4 is 21.7 Å². The molecule has 3 aromatic rings. The van der Waals surface area contributed by atoms with E-state index in [1.807, 2.05) is 12.3 Å². The molecule has 1 aliphatic heterocycles. The second-order valence-corrected chi connectivity index (χ2v) is 8.26. The fourth-order valence-electron chi connectivity index (χ4n) is 3.79. The van der Waals surface area contributed by atoms with Crippen LogP contribution < -0.4 is 4.74 Å². The molecule has 1 aliphatic rings. The van der Waals surface area contributed by atoms with E-state index in [-0.39, 0.29) is 0 Å². The lowest BCUT2D eigenvalue weighted by Crippen LogP contribution is -2.30. The lowest BCUT2D eigenvalue weighted by Gasteiger charge is -2.28. The Labute approximate surface area is 158 Å². The van der Waals surface area contributed by atoms with Crippen molar-refractivity contribution in [3.63, 3.8) is 0 Å². The van der Waals surface area contributed by atoms with Gasteiger partial charge in [-0.1, -0.05) is 6.07 Å². The lowest BCUT2D eigenvalue weighted by atomic mass is 9.99. The van der Waals surface area contributed by atoms with Gasteiger partial charge in [-0.2, -0.15) is 0 Å². The number of aromatic nitrogens is 3. The quantitative estimate of drug-likeness (QED) is 0.694. The normalized spacial score (nSPS) is 18.4. The number of likely N-dealkylation sites (N-methyl/N-ethyl adjacent to an activating group) is 1. The van der Waals surface area contributed by atoms with Crippen LogP contribution in [0.25, 0.3) is 21.7 Å². The van der Waals surface area contributed by atoms with Gasteiger partial charge < -0.3 is 9.64 Å². The Bertz CT molecular complexity index is 952. The van der Waals surface area contributed by atoms with Gasteiger partial charge in [-0.05, 0) is 57.5 Å². The molecule has 5 nitrogen and oxygen atoms in total. The summed E-state index contributed by atoms with van der Waals surface area (Å²) in [6.07, 6.45) is 4.34. The fourth-order valence-corrected chi connectivity index (χ4v) is 4.80. The van der Waals surface area contributed by atoms with Crippen LogP contribution in [0.3, 0.4) is 0 Å². The van der Waals surface area contributed by atoms with E-state index in [0.29, 0.717) is 11.7 Å². The Morgan fingerprint density at radius 2 is 2.08 bits per heavy atom. The first kappa shape index (κ1) is 17.4. The number of benzene rings is 1.